The van der Waals surface area contributed by atoms with E-state index < -0.39 is 0 Å². The van der Waals surface area contributed by atoms with E-state index in [-0.39, 0.29) is 5.97 Å². The normalized spacial score (nSPS) is 24.3. The third-order valence-corrected chi connectivity index (χ3v) is 2.28. The first-order valence-corrected chi connectivity index (χ1v) is 4.25. The Labute approximate surface area is 72.7 Å². The number of carbonyl (C=O) groups excluding carboxylic acids is 1. The Hall–Kier alpha value is -0.610. The van der Waals surface area contributed by atoms with Crippen LogP contribution < -0.4 is 5.73 Å². The predicted octanol–water partition coefficient (Wildman–Crippen LogP) is -0.560. The first-order chi connectivity index (χ1) is 5.76. The molecule has 2 N–H and O–H groups in total. The molecule has 0 aliphatic carbocycles. The van der Waals surface area contributed by atoms with Gasteiger partial charge in [-0.1, -0.05) is 0 Å². The summed E-state index contributed by atoms with van der Waals surface area (Å²) in [6, 6.07) is 0. The summed E-state index contributed by atoms with van der Waals surface area (Å²) >= 11 is 0. The van der Waals surface area contributed by atoms with Gasteiger partial charge in [-0.25, -0.2) is 0 Å². The Morgan fingerprint density at radius 1 is 1.75 bits per heavy atom. The number of ether oxygens (including phenoxy) is 1. The van der Waals surface area contributed by atoms with Gasteiger partial charge < -0.3 is 10.5 Å². The Bertz CT molecular complexity index is 161. The van der Waals surface area contributed by atoms with Crippen LogP contribution >= 0.6 is 0 Å². The van der Waals surface area contributed by atoms with Crippen LogP contribution in [0.2, 0.25) is 0 Å². The van der Waals surface area contributed by atoms with Crippen molar-refractivity contribution in [2.45, 2.75) is 6.42 Å². The van der Waals surface area contributed by atoms with Gasteiger partial charge in [-0.3, -0.25) is 9.69 Å². The zero-order chi connectivity index (χ0) is 8.97. The Morgan fingerprint density at radius 2 is 2.50 bits per heavy atom. The van der Waals surface area contributed by atoms with Gasteiger partial charge >= 0.3 is 5.97 Å². The van der Waals surface area contributed by atoms with E-state index in [1.165, 1.54) is 7.11 Å². The number of hydrogen-bond donors (Lipinski definition) is 1. The fraction of sp³-hybridized carbons (Fsp3) is 0.875. The molecule has 0 amide bonds. The second-order valence-corrected chi connectivity index (χ2v) is 3.20. The van der Waals surface area contributed by atoms with Crippen molar-refractivity contribution < 1.29 is 9.53 Å². The summed E-state index contributed by atoms with van der Waals surface area (Å²) in [5.41, 5.74) is 5.52. The highest BCUT2D eigenvalue weighted by molar-refractivity contribution is 5.71. The number of methoxy groups -OCH3 is 1. The van der Waals surface area contributed by atoms with Crippen LogP contribution in [0.15, 0.2) is 0 Å². The molecule has 70 valence electrons. The van der Waals surface area contributed by atoms with E-state index in [2.05, 4.69) is 9.64 Å². The van der Waals surface area contributed by atoms with Gasteiger partial charge in [0.05, 0.1) is 13.7 Å². The molecule has 0 radical (unpaired) electrons. The van der Waals surface area contributed by atoms with E-state index in [0.29, 0.717) is 12.5 Å². The van der Waals surface area contributed by atoms with Gasteiger partial charge in [0.25, 0.3) is 0 Å². The van der Waals surface area contributed by atoms with Crippen molar-refractivity contribution in [2.75, 3.05) is 33.3 Å². The molecule has 1 aliphatic heterocycles. The van der Waals surface area contributed by atoms with Gasteiger partial charge in [0.15, 0.2) is 0 Å². The predicted molar refractivity (Wildman–Crippen MR) is 45.6 cm³/mol. The molecule has 0 saturated carbocycles. The molecule has 12 heavy (non-hydrogen) atoms. The standard InChI is InChI=1S/C8H16N2O2/c1-12-8(11)6-10-3-2-7(4-9)5-10/h7H,2-6,9H2,1H3. The zero-order valence-corrected chi connectivity index (χ0v) is 7.45. The van der Waals surface area contributed by atoms with Crippen LogP contribution in [0.5, 0.6) is 0 Å². The van der Waals surface area contributed by atoms with Crippen LogP contribution in [0.25, 0.3) is 0 Å². The van der Waals surface area contributed by atoms with Crippen LogP contribution in [-0.2, 0) is 9.53 Å². The Kier molecular flexibility index (Phi) is 3.49. The quantitative estimate of drug-likeness (QED) is 0.580. The van der Waals surface area contributed by atoms with Gasteiger partial charge in [0, 0.05) is 6.54 Å². The number of rotatable bonds is 3. The lowest BCUT2D eigenvalue weighted by atomic mass is 10.1. The van der Waals surface area contributed by atoms with Crippen molar-refractivity contribution in [2.24, 2.45) is 11.7 Å². The van der Waals surface area contributed by atoms with E-state index >= 15 is 0 Å². The molecule has 1 fully saturated rings. The second-order valence-electron chi connectivity index (χ2n) is 3.20. The van der Waals surface area contributed by atoms with Crippen LogP contribution in [0, 0.1) is 5.92 Å². The van der Waals surface area contributed by atoms with Crippen LogP contribution in [0.1, 0.15) is 6.42 Å². The number of likely N-dealkylation sites (tertiary alicyclic amines) is 1. The molecule has 1 unspecified atom stereocenters. The lowest BCUT2D eigenvalue weighted by molar-refractivity contribution is -0.141. The van der Waals surface area contributed by atoms with Gasteiger partial charge in [0.1, 0.15) is 0 Å². The number of esters is 1. The summed E-state index contributed by atoms with van der Waals surface area (Å²) in [6.07, 6.45) is 1.10. The number of carbonyl (C=O) groups is 1. The monoisotopic (exact) mass is 172 g/mol. The van der Waals surface area contributed by atoms with E-state index in [4.69, 9.17) is 5.73 Å². The van der Waals surface area contributed by atoms with Crippen LogP contribution in [-0.4, -0.2) is 44.2 Å². The van der Waals surface area contributed by atoms with Crippen molar-refractivity contribution in [1.29, 1.82) is 0 Å². The molecule has 0 spiro atoms. The summed E-state index contributed by atoms with van der Waals surface area (Å²) in [6.45, 7) is 3.03. The highest BCUT2D eigenvalue weighted by atomic mass is 16.5. The minimum Gasteiger partial charge on any atom is -0.468 e. The van der Waals surface area contributed by atoms with Gasteiger partial charge in [-0.15, -0.1) is 0 Å². The summed E-state index contributed by atoms with van der Waals surface area (Å²) < 4.78 is 4.57. The topological polar surface area (TPSA) is 55.6 Å². The number of hydrogen-bond acceptors (Lipinski definition) is 4. The van der Waals surface area contributed by atoms with Gasteiger partial charge in [-0.2, -0.15) is 0 Å². The maximum atomic E-state index is 10.9. The minimum atomic E-state index is -0.160. The first kappa shape index (κ1) is 9.48. The van der Waals surface area contributed by atoms with Crippen molar-refractivity contribution in [3.63, 3.8) is 0 Å². The lowest BCUT2D eigenvalue weighted by Crippen LogP contribution is -2.29. The van der Waals surface area contributed by atoms with E-state index in [1.807, 2.05) is 0 Å². The molecule has 1 atom stereocenters. The second kappa shape index (κ2) is 4.42. The molecule has 0 aromatic heterocycles. The molecule has 0 aromatic carbocycles. The van der Waals surface area contributed by atoms with E-state index in [9.17, 15) is 4.79 Å². The summed E-state index contributed by atoms with van der Waals surface area (Å²) in [4.78, 5) is 13.0. The summed E-state index contributed by atoms with van der Waals surface area (Å²) in [5, 5.41) is 0. The molecule has 4 nitrogen and oxygen atoms in total. The largest absolute Gasteiger partial charge is 0.468 e. The number of nitrogens with zero attached hydrogens (tertiary/aromatic N) is 1. The maximum Gasteiger partial charge on any atom is 0.319 e. The van der Waals surface area contributed by atoms with E-state index in [0.717, 1.165) is 26.1 Å². The number of nitrogens with two attached hydrogens (primary N) is 1. The molecule has 0 aromatic rings. The van der Waals surface area contributed by atoms with Crippen molar-refractivity contribution in [1.82, 2.24) is 4.90 Å². The molecule has 1 saturated heterocycles. The molecule has 1 heterocycles. The van der Waals surface area contributed by atoms with E-state index in [1.54, 1.807) is 0 Å². The first-order valence-electron chi connectivity index (χ1n) is 4.25. The maximum absolute atomic E-state index is 10.9. The summed E-state index contributed by atoms with van der Waals surface area (Å²) in [7, 11) is 1.42. The SMILES string of the molecule is COC(=O)CN1CCC(CN)C1. The fourth-order valence-electron chi connectivity index (χ4n) is 1.50. The third-order valence-electron chi connectivity index (χ3n) is 2.28. The molecule has 4 heteroatoms. The summed E-state index contributed by atoms with van der Waals surface area (Å²) in [5.74, 6) is 0.405. The molecular weight excluding hydrogens is 156 g/mol. The van der Waals surface area contributed by atoms with Gasteiger partial charge in [-0.05, 0) is 25.4 Å². The third kappa shape index (κ3) is 2.46. The minimum absolute atomic E-state index is 0.160. The molecular formula is C8H16N2O2. The average molecular weight is 172 g/mol. The highest BCUT2D eigenvalue weighted by Gasteiger charge is 2.22. The van der Waals surface area contributed by atoms with Crippen molar-refractivity contribution in [3.05, 3.63) is 0 Å². The average Bonchev–Trinajstić information content (AvgIpc) is 2.52. The van der Waals surface area contributed by atoms with Gasteiger partial charge in [0.2, 0.25) is 0 Å². The smallest absolute Gasteiger partial charge is 0.319 e. The Morgan fingerprint density at radius 3 is 3.00 bits per heavy atom. The molecule has 1 rings (SSSR count). The lowest BCUT2D eigenvalue weighted by Gasteiger charge is -2.13. The zero-order valence-electron chi connectivity index (χ0n) is 7.45. The fourth-order valence-corrected chi connectivity index (χ4v) is 1.50. The highest BCUT2D eigenvalue weighted by Crippen LogP contribution is 2.13. The van der Waals surface area contributed by atoms with Crippen LogP contribution in [0.3, 0.4) is 0 Å². The molecule has 0 bridgehead atoms. The molecule has 1 aliphatic rings. The van der Waals surface area contributed by atoms with Crippen molar-refractivity contribution >= 4 is 5.97 Å². The van der Waals surface area contributed by atoms with Crippen molar-refractivity contribution in [3.8, 4) is 0 Å². The van der Waals surface area contributed by atoms with Crippen LogP contribution in [0.4, 0.5) is 0 Å². The Balaban J connectivity index is 2.23.